The summed E-state index contributed by atoms with van der Waals surface area (Å²) < 4.78 is 10.5. The van der Waals surface area contributed by atoms with Crippen LogP contribution in [0, 0.1) is 11.8 Å². The Balaban J connectivity index is 1.95. The first-order valence-electron chi connectivity index (χ1n) is 8.58. The van der Waals surface area contributed by atoms with Crippen molar-refractivity contribution in [3.63, 3.8) is 0 Å². The van der Waals surface area contributed by atoms with E-state index in [0.717, 1.165) is 12.8 Å². The molecule has 0 aromatic heterocycles. The second-order valence-electron chi connectivity index (χ2n) is 6.63. The van der Waals surface area contributed by atoms with E-state index in [1.165, 1.54) is 13.5 Å². The van der Waals surface area contributed by atoms with E-state index in [1.807, 2.05) is 0 Å². The molecule has 0 saturated heterocycles. The second-order valence-corrected chi connectivity index (χ2v) is 6.63. The number of benzene rings is 1. The van der Waals surface area contributed by atoms with Crippen molar-refractivity contribution in [1.29, 1.82) is 0 Å². The Labute approximate surface area is 143 Å². The van der Waals surface area contributed by atoms with E-state index in [2.05, 4.69) is 19.2 Å². The van der Waals surface area contributed by atoms with Crippen LogP contribution >= 0.6 is 0 Å². The molecule has 1 aliphatic carbocycles. The highest BCUT2D eigenvalue weighted by Crippen LogP contribution is 2.29. The first kappa shape index (κ1) is 18.3. The molecule has 0 heterocycles. The third-order valence-corrected chi connectivity index (χ3v) is 5.01. The lowest BCUT2D eigenvalue weighted by Gasteiger charge is -2.35. The van der Waals surface area contributed by atoms with Crippen molar-refractivity contribution in [2.45, 2.75) is 52.2 Å². The van der Waals surface area contributed by atoms with Crippen molar-refractivity contribution in [3.05, 3.63) is 29.8 Å². The normalized spacial score (nSPS) is 24.8. The Bertz CT molecular complexity index is 586. The summed E-state index contributed by atoms with van der Waals surface area (Å²) in [6, 6.07) is 6.96. The smallest absolute Gasteiger partial charge is 0.342 e. The molecular weight excluding hydrogens is 306 g/mol. The lowest BCUT2D eigenvalue weighted by atomic mass is 9.78. The molecule has 0 spiro atoms. The van der Waals surface area contributed by atoms with Crippen molar-refractivity contribution < 1.29 is 19.1 Å². The van der Waals surface area contributed by atoms with Gasteiger partial charge in [0.05, 0.1) is 7.11 Å². The number of rotatable bonds is 5. The van der Waals surface area contributed by atoms with E-state index >= 15 is 0 Å². The lowest BCUT2D eigenvalue weighted by Crippen LogP contribution is -2.47. The molecule has 0 aliphatic heterocycles. The molecule has 0 radical (unpaired) electrons. The topological polar surface area (TPSA) is 64.6 Å². The summed E-state index contributed by atoms with van der Waals surface area (Å²) in [4.78, 5) is 24.6. The maximum absolute atomic E-state index is 12.4. The molecule has 132 valence electrons. The van der Waals surface area contributed by atoms with Crippen LogP contribution in [0.5, 0.6) is 5.75 Å². The standard InChI is InChI=1S/C19H27NO4/c1-12-8-7-10-16(13(12)2)20-18(21)14(3)24-19(22)15-9-5-6-11-17(15)23-4/h5-6,9,11-14,16H,7-8,10H2,1-4H3,(H,20,21)/t12-,13-,14-,16-/m1/s1. The molecule has 4 atom stereocenters. The summed E-state index contributed by atoms with van der Waals surface area (Å²) in [5.74, 6) is 0.657. The molecule has 1 N–H and O–H groups in total. The van der Waals surface area contributed by atoms with Gasteiger partial charge in [-0.2, -0.15) is 0 Å². The Morgan fingerprint density at radius 3 is 2.62 bits per heavy atom. The molecule has 1 fully saturated rings. The summed E-state index contributed by atoms with van der Waals surface area (Å²) >= 11 is 0. The molecule has 1 saturated carbocycles. The molecule has 0 bridgehead atoms. The van der Waals surface area contributed by atoms with Crippen LogP contribution in [0.4, 0.5) is 0 Å². The zero-order chi connectivity index (χ0) is 17.7. The van der Waals surface area contributed by atoms with E-state index in [4.69, 9.17) is 9.47 Å². The third-order valence-electron chi connectivity index (χ3n) is 5.01. The van der Waals surface area contributed by atoms with Gasteiger partial charge >= 0.3 is 5.97 Å². The van der Waals surface area contributed by atoms with Crippen LogP contribution in [0.2, 0.25) is 0 Å². The maximum Gasteiger partial charge on any atom is 0.342 e. The third kappa shape index (κ3) is 4.28. The molecule has 24 heavy (non-hydrogen) atoms. The van der Waals surface area contributed by atoms with Gasteiger partial charge in [0, 0.05) is 6.04 Å². The van der Waals surface area contributed by atoms with Crippen LogP contribution in [0.25, 0.3) is 0 Å². The van der Waals surface area contributed by atoms with Crippen molar-refractivity contribution in [3.8, 4) is 5.75 Å². The number of amides is 1. The van der Waals surface area contributed by atoms with E-state index in [-0.39, 0.29) is 11.9 Å². The van der Waals surface area contributed by atoms with E-state index in [0.29, 0.717) is 23.1 Å². The van der Waals surface area contributed by atoms with Gasteiger partial charge in [0.2, 0.25) is 0 Å². The number of esters is 1. The van der Waals surface area contributed by atoms with Gasteiger partial charge in [-0.1, -0.05) is 38.8 Å². The number of carbonyl (C=O) groups is 2. The highest BCUT2D eigenvalue weighted by Gasteiger charge is 2.30. The van der Waals surface area contributed by atoms with Gasteiger partial charge in [0.25, 0.3) is 5.91 Å². The minimum atomic E-state index is -0.841. The quantitative estimate of drug-likeness (QED) is 0.841. The van der Waals surface area contributed by atoms with Crippen molar-refractivity contribution in [2.75, 3.05) is 7.11 Å². The fourth-order valence-corrected chi connectivity index (χ4v) is 3.18. The molecule has 0 unspecified atom stereocenters. The number of hydrogen-bond donors (Lipinski definition) is 1. The fourth-order valence-electron chi connectivity index (χ4n) is 3.18. The number of hydrogen-bond acceptors (Lipinski definition) is 4. The van der Waals surface area contributed by atoms with E-state index in [9.17, 15) is 9.59 Å². The van der Waals surface area contributed by atoms with Gasteiger partial charge in [-0.15, -0.1) is 0 Å². The Morgan fingerprint density at radius 2 is 1.92 bits per heavy atom. The number of carbonyl (C=O) groups excluding carboxylic acids is 2. The minimum Gasteiger partial charge on any atom is -0.496 e. The van der Waals surface area contributed by atoms with Crippen LogP contribution < -0.4 is 10.1 Å². The van der Waals surface area contributed by atoms with Crippen molar-refractivity contribution in [1.82, 2.24) is 5.32 Å². The van der Waals surface area contributed by atoms with Gasteiger partial charge < -0.3 is 14.8 Å². The molecule has 2 rings (SSSR count). The molecule has 5 nitrogen and oxygen atoms in total. The van der Waals surface area contributed by atoms with Gasteiger partial charge in [0.1, 0.15) is 11.3 Å². The molecule has 1 aromatic rings. The number of para-hydroxylation sites is 1. The van der Waals surface area contributed by atoms with Crippen molar-refractivity contribution >= 4 is 11.9 Å². The summed E-state index contributed by atoms with van der Waals surface area (Å²) in [5, 5.41) is 3.04. The van der Waals surface area contributed by atoms with E-state index in [1.54, 1.807) is 31.2 Å². The molecule has 1 aliphatic rings. The molecular formula is C19H27NO4. The first-order valence-corrected chi connectivity index (χ1v) is 8.58. The zero-order valence-electron chi connectivity index (χ0n) is 14.9. The second kappa shape index (κ2) is 8.18. The lowest BCUT2D eigenvalue weighted by molar-refractivity contribution is -0.130. The number of ether oxygens (including phenoxy) is 2. The van der Waals surface area contributed by atoms with Crippen LogP contribution in [0.15, 0.2) is 24.3 Å². The van der Waals surface area contributed by atoms with Gasteiger partial charge in [0.15, 0.2) is 6.10 Å². The predicted molar refractivity (Wildman–Crippen MR) is 92.0 cm³/mol. The summed E-state index contributed by atoms with van der Waals surface area (Å²) in [6.07, 6.45) is 2.45. The van der Waals surface area contributed by atoms with E-state index < -0.39 is 12.1 Å². The SMILES string of the molecule is COc1ccccc1C(=O)O[C@H](C)C(=O)N[C@@H]1CCC[C@@H](C)[C@H]1C. The number of methoxy groups -OCH3 is 1. The van der Waals surface area contributed by atoms with Crippen molar-refractivity contribution in [2.24, 2.45) is 11.8 Å². The number of nitrogens with one attached hydrogen (secondary N) is 1. The molecule has 5 heteroatoms. The average Bonchev–Trinajstić information content (AvgIpc) is 2.58. The van der Waals surface area contributed by atoms with Crippen LogP contribution in [0.1, 0.15) is 50.4 Å². The maximum atomic E-state index is 12.4. The van der Waals surface area contributed by atoms with Crippen LogP contribution in [-0.4, -0.2) is 31.1 Å². The molecule has 1 aromatic carbocycles. The summed E-state index contributed by atoms with van der Waals surface area (Å²) in [7, 11) is 1.49. The van der Waals surface area contributed by atoms with Crippen LogP contribution in [-0.2, 0) is 9.53 Å². The monoisotopic (exact) mass is 333 g/mol. The van der Waals surface area contributed by atoms with Crippen LogP contribution in [0.3, 0.4) is 0 Å². The highest BCUT2D eigenvalue weighted by atomic mass is 16.5. The fraction of sp³-hybridized carbons (Fsp3) is 0.579. The Kier molecular flexibility index (Phi) is 6.23. The van der Waals surface area contributed by atoms with Gasteiger partial charge in [-0.3, -0.25) is 4.79 Å². The predicted octanol–water partition coefficient (Wildman–Crippen LogP) is 3.18. The summed E-state index contributed by atoms with van der Waals surface area (Å²) in [5.41, 5.74) is 0.319. The Hall–Kier alpha value is -2.04. The summed E-state index contributed by atoms with van der Waals surface area (Å²) in [6.45, 7) is 5.98. The first-order chi connectivity index (χ1) is 11.4. The molecule has 1 amide bonds. The Morgan fingerprint density at radius 1 is 1.21 bits per heavy atom. The average molecular weight is 333 g/mol. The zero-order valence-corrected chi connectivity index (χ0v) is 14.9. The van der Waals surface area contributed by atoms with Gasteiger partial charge in [-0.05, 0) is 37.3 Å². The highest BCUT2D eigenvalue weighted by molar-refractivity contribution is 5.94. The van der Waals surface area contributed by atoms with Gasteiger partial charge in [-0.25, -0.2) is 4.79 Å². The largest absolute Gasteiger partial charge is 0.496 e. The minimum absolute atomic E-state index is 0.147.